The highest BCUT2D eigenvalue weighted by atomic mass is 16.5. The van der Waals surface area contributed by atoms with E-state index in [0.717, 1.165) is 39.1 Å². The summed E-state index contributed by atoms with van der Waals surface area (Å²) in [5.74, 6) is 0.522. The van der Waals surface area contributed by atoms with Gasteiger partial charge in [-0.3, -0.25) is 9.69 Å². The van der Waals surface area contributed by atoms with E-state index in [1.54, 1.807) is 0 Å². The van der Waals surface area contributed by atoms with Gasteiger partial charge in [-0.2, -0.15) is 0 Å². The van der Waals surface area contributed by atoms with Gasteiger partial charge in [-0.05, 0) is 29.9 Å². The molecule has 4 nitrogen and oxygen atoms in total. The van der Waals surface area contributed by atoms with Gasteiger partial charge >= 0.3 is 0 Å². The Hall–Kier alpha value is -2.17. The number of benzene rings is 2. The van der Waals surface area contributed by atoms with Crippen LogP contribution in [0.1, 0.15) is 36.9 Å². The maximum atomic E-state index is 12.5. The fourth-order valence-electron chi connectivity index (χ4n) is 3.78. The van der Waals surface area contributed by atoms with Crippen LogP contribution in [0.15, 0.2) is 60.7 Å². The van der Waals surface area contributed by atoms with Crippen LogP contribution in [0.5, 0.6) is 0 Å². The molecule has 2 aromatic rings. The summed E-state index contributed by atoms with van der Waals surface area (Å²) in [7, 11) is 0. The van der Waals surface area contributed by atoms with Gasteiger partial charge in [0.15, 0.2) is 0 Å². The number of morpholine rings is 1. The van der Waals surface area contributed by atoms with E-state index in [0.29, 0.717) is 18.9 Å². The van der Waals surface area contributed by atoms with E-state index >= 15 is 0 Å². The lowest BCUT2D eigenvalue weighted by molar-refractivity contribution is -0.122. The molecule has 2 unspecified atom stereocenters. The second-order valence-corrected chi connectivity index (χ2v) is 7.71. The summed E-state index contributed by atoms with van der Waals surface area (Å²) in [5, 5.41) is 3.19. The summed E-state index contributed by atoms with van der Waals surface area (Å²) in [5.41, 5.74) is 2.59. The number of nitrogens with zero attached hydrogens (tertiary/aromatic N) is 1. The van der Waals surface area contributed by atoms with Crippen LogP contribution in [0.2, 0.25) is 0 Å². The first-order valence-electron chi connectivity index (χ1n) is 10.4. The Morgan fingerprint density at radius 1 is 1.04 bits per heavy atom. The van der Waals surface area contributed by atoms with Crippen LogP contribution in [0, 0.1) is 5.92 Å². The minimum atomic E-state index is 0.148. The molecule has 150 valence electrons. The summed E-state index contributed by atoms with van der Waals surface area (Å²) >= 11 is 0. The maximum Gasteiger partial charge on any atom is 0.220 e. The Bertz CT molecular complexity index is 699. The number of ether oxygens (including phenoxy) is 1. The third kappa shape index (κ3) is 6.47. The number of hydrogen-bond acceptors (Lipinski definition) is 3. The molecule has 0 radical (unpaired) electrons. The molecule has 2 atom stereocenters. The minimum absolute atomic E-state index is 0.148. The first-order chi connectivity index (χ1) is 13.7. The number of aryl methyl sites for hydroxylation is 1. The minimum Gasteiger partial charge on any atom is -0.379 e. The van der Waals surface area contributed by atoms with Gasteiger partial charge in [-0.1, -0.05) is 67.6 Å². The molecule has 1 saturated heterocycles. The van der Waals surface area contributed by atoms with Crippen LogP contribution >= 0.6 is 0 Å². The number of hydrogen-bond donors (Lipinski definition) is 1. The standard InChI is InChI=1S/C24H32N2O2/c1-20(12-13-21-8-4-2-5-9-21)18-24(27)25-19-23(22-10-6-3-7-11-22)26-14-16-28-17-15-26/h2-11,20,23H,12-19H2,1H3,(H,25,27). The molecule has 3 rings (SSSR count). The third-order valence-electron chi connectivity index (χ3n) is 5.47. The predicted molar refractivity (Wildman–Crippen MR) is 113 cm³/mol. The summed E-state index contributed by atoms with van der Waals surface area (Å²) in [6.45, 7) is 6.14. The lowest BCUT2D eigenvalue weighted by Crippen LogP contribution is -2.44. The topological polar surface area (TPSA) is 41.6 Å². The highest BCUT2D eigenvalue weighted by Crippen LogP contribution is 2.21. The zero-order valence-electron chi connectivity index (χ0n) is 16.8. The zero-order valence-corrected chi connectivity index (χ0v) is 16.8. The van der Waals surface area contributed by atoms with Crippen molar-refractivity contribution >= 4 is 5.91 Å². The smallest absolute Gasteiger partial charge is 0.220 e. The fourth-order valence-corrected chi connectivity index (χ4v) is 3.78. The molecule has 1 heterocycles. The second-order valence-electron chi connectivity index (χ2n) is 7.71. The number of carbonyl (C=O) groups excluding carboxylic acids is 1. The highest BCUT2D eigenvalue weighted by molar-refractivity contribution is 5.76. The molecular formula is C24H32N2O2. The van der Waals surface area contributed by atoms with Crippen LogP contribution in [0.25, 0.3) is 0 Å². The highest BCUT2D eigenvalue weighted by Gasteiger charge is 2.23. The predicted octanol–water partition coefficient (Wildman–Crippen LogP) is 3.84. The van der Waals surface area contributed by atoms with Crippen LogP contribution in [0.3, 0.4) is 0 Å². The largest absolute Gasteiger partial charge is 0.379 e. The van der Waals surface area contributed by atoms with Crippen LogP contribution < -0.4 is 5.32 Å². The normalized spacial score (nSPS) is 17.0. The molecule has 1 N–H and O–H groups in total. The Kier molecular flexibility index (Phi) is 8.07. The summed E-state index contributed by atoms with van der Waals surface area (Å²) < 4.78 is 5.50. The molecule has 0 spiro atoms. The van der Waals surface area contributed by atoms with E-state index in [4.69, 9.17) is 4.74 Å². The van der Waals surface area contributed by atoms with Crippen LogP contribution in [0.4, 0.5) is 0 Å². The average Bonchev–Trinajstić information content (AvgIpc) is 2.75. The summed E-state index contributed by atoms with van der Waals surface area (Å²) in [6, 6.07) is 21.2. The molecule has 0 aliphatic carbocycles. The van der Waals surface area contributed by atoms with Crippen LogP contribution in [-0.2, 0) is 16.0 Å². The fraction of sp³-hybridized carbons (Fsp3) is 0.458. The molecule has 1 fully saturated rings. The van der Waals surface area contributed by atoms with E-state index < -0.39 is 0 Å². The monoisotopic (exact) mass is 380 g/mol. The zero-order chi connectivity index (χ0) is 19.6. The van der Waals surface area contributed by atoms with E-state index in [1.165, 1.54) is 11.1 Å². The molecule has 28 heavy (non-hydrogen) atoms. The van der Waals surface area contributed by atoms with Gasteiger partial charge in [0.1, 0.15) is 0 Å². The Morgan fingerprint density at radius 2 is 1.68 bits per heavy atom. The number of nitrogens with one attached hydrogen (secondary N) is 1. The van der Waals surface area contributed by atoms with Gasteiger partial charge in [0.25, 0.3) is 0 Å². The van der Waals surface area contributed by atoms with Gasteiger partial charge in [0.05, 0.1) is 19.3 Å². The molecular weight excluding hydrogens is 348 g/mol. The van der Waals surface area contributed by atoms with E-state index in [-0.39, 0.29) is 11.9 Å². The van der Waals surface area contributed by atoms with Crippen molar-refractivity contribution in [1.82, 2.24) is 10.2 Å². The second kappa shape index (κ2) is 11.0. The maximum absolute atomic E-state index is 12.5. The van der Waals surface area contributed by atoms with Crippen molar-refractivity contribution < 1.29 is 9.53 Å². The molecule has 0 saturated carbocycles. The summed E-state index contributed by atoms with van der Waals surface area (Å²) in [6.07, 6.45) is 2.64. The Balaban J connectivity index is 1.48. The molecule has 2 aromatic carbocycles. The van der Waals surface area contributed by atoms with Gasteiger partial charge in [-0.25, -0.2) is 0 Å². The quantitative estimate of drug-likeness (QED) is 0.719. The van der Waals surface area contributed by atoms with Gasteiger partial charge in [0.2, 0.25) is 5.91 Å². The molecule has 1 amide bonds. The van der Waals surface area contributed by atoms with Gasteiger partial charge in [0, 0.05) is 26.1 Å². The lowest BCUT2D eigenvalue weighted by Gasteiger charge is -2.35. The Morgan fingerprint density at radius 3 is 2.36 bits per heavy atom. The number of rotatable bonds is 9. The summed E-state index contributed by atoms with van der Waals surface area (Å²) in [4.78, 5) is 14.9. The van der Waals surface area contributed by atoms with Crippen molar-refractivity contribution in [3.63, 3.8) is 0 Å². The van der Waals surface area contributed by atoms with Gasteiger partial charge in [-0.15, -0.1) is 0 Å². The molecule has 1 aliphatic heterocycles. The average molecular weight is 381 g/mol. The third-order valence-corrected chi connectivity index (χ3v) is 5.47. The van der Waals surface area contributed by atoms with Crippen molar-refractivity contribution in [2.24, 2.45) is 5.92 Å². The van der Waals surface area contributed by atoms with E-state index in [2.05, 4.69) is 65.7 Å². The van der Waals surface area contributed by atoms with Crippen molar-refractivity contribution in [3.05, 3.63) is 71.8 Å². The molecule has 1 aliphatic rings. The van der Waals surface area contributed by atoms with Crippen molar-refractivity contribution in [2.45, 2.75) is 32.2 Å². The van der Waals surface area contributed by atoms with Crippen molar-refractivity contribution in [3.8, 4) is 0 Å². The number of carbonyl (C=O) groups is 1. The molecule has 4 heteroatoms. The number of amides is 1. The first kappa shape index (κ1) is 20.6. The Labute approximate surface area is 168 Å². The van der Waals surface area contributed by atoms with E-state index in [9.17, 15) is 4.79 Å². The van der Waals surface area contributed by atoms with E-state index in [1.807, 2.05) is 12.1 Å². The SMILES string of the molecule is CC(CCc1ccccc1)CC(=O)NCC(c1ccccc1)N1CCOCC1. The van der Waals surface area contributed by atoms with Crippen molar-refractivity contribution in [1.29, 1.82) is 0 Å². The van der Waals surface area contributed by atoms with Gasteiger partial charge < -0.3 is 10.1 Å². The molecule has 0 bridgehead atoms. The lowest BCUT2D eigenvalue weighted by atomic mass is 9.98. The first-order valence-corrected chi connectivity index (χ1v) is 10.4. The van der Waals surface area contributed by atoms with Crippen molar-refractivity contribution in [2.75, 3.05) is 32.8 Å². The van der Waals surface area contributed by atoms with Crippen LogP contribution in [-0.4, -0.2) is 43.7 Å². The molecule has 0 aromatic heterocycles.